The van der Waals surface area contributed by atoms with E-state index < -0.39 is 0 Å². The molecule has 0 spiro atoms. The third-order valence-corrected chi connectivity index (χ3v) is 5.36. The van der Waals surface area contributed by atoms with E-state index in [4.69, 9.17) is 4.74 Å². The zero-order chi connectivity index (χ0) is 13.3. The van der Waals surface area contributed by atoms with Gasteiger partial charge < -0.3 is 10.1 Å². The quantitative estimate of drug-likeness (QED) is 0.916. The minimum atomic E-state index is 0.0434. The van der Waals surface area contributed by atoms with Crippen LogP contribution in [0, 0.1) is 0 Å². The van der Waals surface area contributed by atoms with E-state index in [0.29, 0.717) is 11.3 Å². The first-order valence-electron chi connectivity index (χ1n) is 7.24. The molecule has 2 nitrogen and oxygen atoms in total. The number of benzene rings is 1. The lowest BCUT2D eigenvalue weighted by Crippen LogP contribution is -2.45. The van der Waals surface area contributed by atoms with Gasteiger partial charge in [0.1, 0.15) is 0 Å². The number of fused-ring (bicyclic) bond motifs is 1. The van der Waals surface area contributed by atoms with Crippen LogP contribution in [-0.2, 0) is 11.2 Å². The van der Waals surface area contributed by atoms with Crippen LogP contribution in [0.25, 0.3) is 0 Å². The number of rotatable bonds is 3. The molecule has 104 valence electrons. The van der Waals surface area contributed by atoms with Crippen LogP contribution in [0.15, 0.2) is 29.2 Å². The molecular formula is C16H23NOS. The van der Waals surface area contributed by atoms with Crippen LogP contribution >= 0.6 is 11.8 Å². The fraction of sp³-hybridized carbons (Fsp3) is 0.625. The maximum atomic E-state index is 5.77. The van der Waals surface area contributed by atoms with Crippen LogP contribution < -0.4 is 5.32 Å². The predicted octanol–water partition coefficient (Wildman–Crippen LogP) is 3.25. The second kappa shape index (κ2) is 5.47. The zero-order valence-corrected chi connectivity index (χ0v) is 12.6. The van der Waals surface area contributed by atoms with Crippen molar-refractivity contribution in [2.75, 3.05) is 13.2 Å². The molecule has 0 radical (unpaired) electrons. The smallest absolute Gasteiger partial charge is 0.0641 e. The van der Waals surface area contributed by atoms with Crippen molar-refractivity contribution < 1.29 is 4.74 Å². The molecule has 2 aliphatic heterocycles. The lowest BCUT2D eigenvalue weighted by Gasteiger charge is -2.36. The molecule has 2 aliphatic rings. The van der Waals surface area contributed by atoms with E-state index in [2.05, 4.69) is 43.4 Å². The molecule has 1 N–H and O–H groups in total. The van der Waals surface area contributed by atoms with E-state index >= 15 is 0 Å². The highest BCUT2D eigenvalue weighted by Gasteiger charge is 2.29. The Kier molecular flexibility index (Phi) is 3.88. The monoisotopic (exact) mass is 277 g/mol. The van der Waals surface area contributed by atoms with Crippen LogP contribution in [0.5, 0.6) is 0 Å². The van der Waals surface area contributed by atoms with E-state index in [1.807, 2.05) is 11.8 Å². The lowest BCUT2D eigenvalue weighted by atomic mass is 9.94. The summed E-state index contributed by atoms with van der Waals surface area (Å²) in [6.07, 6.45) is 3.48. The Morgan fingerprint density at radius 3 is 3.00 bits per heavy atom. The Hall–Kier alpha value is -0.510. The summed E-state index contributed by atoms with van der Waals surface area (Å²) in [5.74, 6) is 0. The Morgan fingerprint density at radius 2 is 2.21 bits per heavy atom. The van der Waals surface area contributed by atoms with Crippen molar-refractivity contribution in [3.05, 3.63) is 29.8 Å². The Labute approximate surface area is 120 Å². The van der Waals surface area contributed by atoms with Crippen LogP contribution in [0.1, 0.15) is 32.3 Å². The zero-order valence-electron chi connectivity index (χ0n) is 11.8. The third kappa shape index (κ3) is 3.33. The standard InChI is InChI=1S/C16H23NOS/c1-16(2)10-13(7-8-18-16)17-11-14-9-12-5-3-4-6-15(12)19-14/h3-6,13-14,17H,7-11H2,1-2H3. The van der Waals surface area contributed by atoms with E-state index in [9.17, 15) is 0 Å². The maximum absolute atomic E-state index is 5.77. The molecule has 1 saturated heterocycles. The molecule has 2 heterocycles. The molecule has 3 rings (SSSR count). The molecule has 1 fully saturated rings. The van der Waals surface area contributed by atoms with Gasteiger partial charge in [-0.1, -0.05) is 18.2 Å². The fourth-order valence-electron chi connectivity index (χ4n) is 3.07. The highest BCUT2D eigenvalue weighted by atomic mass is 32.2. The summed E-state index contributed by atoms with van der Waals surface area (Å²) in [4.78, 5) is 1.47. The molecule has 0 bridgehead atoms. The van der Waals surface area contributed by atoms with Gasteiger partial charge in [0, 0.05) is 29.3 Å². The molecule has 19 heavy (non-hydrogen) atoms. The van der Waals surface area contributed by atoms with Gasteiger partial charge in [-0.2, -0.15) is 0 Å². The van der Waals surface area contributed by atoms with E-state index in [0.717, 1.165) is 26.0 Å². The molecular weight excluding hydrogens is 254 g/mol. The highest BCUT2D eigenvalue weighted by molar-refractivity contribution is 8.00. The van der Waals surface area contributed by atoms with Crippen LogP contribution in [0.2, 0.25) is 0 Å². The SMILES string of the molecule is CC1(C)CC(NCC2Cc3ccccc3S2)CCO1. The first kappa shape index (κ1) is 13.5. The average molecular weight is 277 g/mol. The van der Waals surface area contributed by atoms with Gasteiger partial charge in [-0.3, -0.25) is 0 Å². The summed E-state index contributed by atoms with van der Waals surface area (Å²) in [5.41, 5.74) is 1.56. The van der Waals surface area contributed by atoms with Gasteiger partial charge in [-0.15, -0.1) is 11.8 Å². The van der Waals surface area contributed by atoms with Crippen molar-refractivity contribution >= 4 is 11.8 Å². The van der Waals surface area contributed by atoms with Crippen molar-refractivity contribution in [2.24, 2.45) is 0 Å². The topological polar surface area (TPSA) is 21.3 Å². The summed E-state index contributed by atoms with van der Waals surface area (Å²) in [6, 6.07) is 9.42. The number of nitrogens with one attached hydrogen (secondary N) is 1. The normalized spacial score (nSPS) is 29.2. The minimum absolute atomic E-state index is 0.0434. The van der Waals surface area contributed by atoms with Gasteiger partial charge >= 0.3 is 0 Å². The summed E-state index contributed by atoms with van der Waals surface area (Å²) in [5, 5.41) is 4.45. The molecule has 0 aromatic heterocycles. The van der Waals surface area contributed by atoms with E-state index in [1.165, 1.54) is 16.9 Å². The Balaban J connectivity index is 1.49. The van der Waals surface area contributed by atoms with Crippen LogP contribution in [-0.4, -0.2) is 30.0 Å². The average Bonchev–Trinajstić information content (AvgIpc) is 2.78. The molecule has 1 aromatic carbocycles. The van der Waals surface area contributed by atoms with Crippen molar-refractivity contribution in [1.29, 1.82) is 0 Å². The Morgan fingerprint density at radius 1 is 1.37 bits per heavy atom. The summed E-state index contributed by atoms with van der Waals surface area (Å²) >= 11 is 2.03. The molecule has 0 saturated carbocycles. The number of hydrogen-bond donors (Lipinski definition) is 1. The molecule has 2 unspecified atom stereocenters. The van der Waals surface area contributed by atoms with Crippen LogP contribution in [0.4, 0.5) is 0 Å². The van der Waals surface area contributed by atoms with Gasteiger partial charge in [0.15, 0.2) is 0 Å². The second-order valence-corrected chi connectivity index (χ2v) is 7.60. The van der Waals surface area contributed by atoms with Gasteiger partial charge in [-0.05, 0) is 44.7 Å². The first-order valence-corrected chi connectivity index (χ1v) is 8.12. The van der Waals surface area contributed by atoms with Gasteiger partial charge in [0.05, 0.1) is 5.60 Å². The first-order chi connectivity index (χ1) is 9.12. The molecule has 3 heteroatoms. The summed E-state index contributed by atoms with van der Waals surface area (Å²) in [6.45, 7) is 6.39. The third-order valence-electron chi connectivity index (χ3n) is 4.05. The van der Waals surface area contributed by atoms with Crippen LogP contribution in [0.3, 0.4) is 0 Å². The number of hydrogen-bond acceptors (Lipinski definition) is 3. The van der Waals surface area contributed by atoms with Crippen molar-refractivity contribution in [1.82, 2.24) is 5.32 Å². The van der Waals surface area contributed by atoms with Crippen molar-refractivity contribution in [3.8, 4) is 0 Å². The van der Waals surface area contributed by atoms with Gasteiger partial charge in [0.2, 0.25) is 0 Å². The van der Waals surface area contributed by atoms with Crippen molar-refractivity contribution in [2.45, 2.75) is 54.9 Å². The predicted molar refractivity (Wildman–Crippen MR) is 80.8 cm³/mol. The largest absolute Gasteiger partial charge is 0.375 e. The van der Waals surface area contributed by atoms with E-state index in [-0.39, 0.29) is 5.60 Å². The molecule has 2 atom stereocenters. The lowest BCUT2D eigenvalue weighted by molar-refractivity contribution is -0.0627. The van der Waals surface area contributed by atoms with Crippen molar-refractivity contribution in [3.63, 3.8) is 0 Å². The van der Waals surface area contributed by atoms with E-state index in [1.54, 1.807) is 0 Å². The number of ether oxygens (including phenoxy) is 1. The highest BCUT2D eigenvalue weighted by Crippen LogP contribution is 2.36. The van der Waals surface area contributed by atoms with Gasteiger partial charge in [0.25, 0.3) is 0 Å². The summed E-state index contributed by atoms with van der Waals surface area (Å²) in [7, 11) is 0. The molecule has 1 aromatic rings. The number of thioether (sulfide) groups is 1. The van der Waals surface area contributed by atoms with Gasteiger partial charge in [-0.25, -0.2) is 0 Å². The fourth-order valence-corrected chi connectivity index (χ4v) is 4.33. The molecule has 0 amide bonds. The molecule has 0 aliphatic carbocycles. The minimum Gasteiger partial charge on any atom is -0.375 e. The maximum Gasteiger partial charge on any atom is 0.0641 e. The summed E-state index contributed by atoms with van der Waals surface area (Å²) < 4.78 is 5.77. The second-order valence-electron chi connectivity index (χ2n) is 6.26. The Bertz CT molecular complexity index is 421.